The molecule has 0 saturated heterocycles. The SMILES string of the molecule is CC(C)C[C@H](N)C(=O)[C@@H]1NCC(=O)[C@H](N[C@@H](C=O)CCC(=O)O)NC(=O)CC/C=C/CN(C)C1=O. The predicted molar refractivity (Wildman–Crippen MR) is 127 cm³/mol. The number of allylic oxidation sites excluding steroid dienone is 1. The number of carboxylic acids is 1. The zero-order valence-electron chi connectivity index (χ0n) is 20.5. The molecule has 0 aromatic heterocycles. The average molecular weight is 496 g/mol. The first-order valence-electron chi connectivity index (χ1n) is 11.6. The number of likely N-dealkylation sites (N-methyl/N-ethyl adjacent to an activating group) is 1. The second kappa shape index (κ2) is 15.1. The molecule has 2 amide bonds. The van der Waals surface area contributed by atoms with Crippen LogP contribution in [-0.2, 0) is 28.8 Å². The highest BCUT2D eigenvalue weighted by molar-refractivity contribution is 6.08. The monoisotopic (exact) mass is 495 g/mol. The standard InChI is InChI=1S/C23H37N5O7/c1-14(2)11-16(24)21(34)20-23(35)28(3)10-6-4-5-7-18(31)27-22(17(30)12-25-20)26-15(13-29)8-9-19(32)33/h4,6,13-16,20,22,25-26H,5,7-12,24H2,1-3H3,(H,27,31)(H,32,33)/b6-4+/t15-,16+,20+,22-/m1/s1. The van der Waals surface area contributed by atoms with Gasteiger partial charge < -0.3 is 25.9 Å². The van der Waals surface area contributed by atoms with Crippen molar-refractivity contribution >= 4 is 35.6 Å². The normalized spacial score (nSPS) is 23.2. The van der Waals surface area contributed by atoms with Crippen LogP contribution < -0.4 is 21.7 Å². The molecule has 1 aliphatic heterocycles. The van der Waals surface area contributed by atoms with Crippen LogP contribution in [0.15, 0.2) is 12.2 Å². The minimum absolute atomic E-state index is 0.0547. The van der Waals surface area contributed by atoms with E-state index in [2.05, 4.69) is 16.0 Å². The fraction of sp³-hybridized carbons (Fsp3) is 0.652. The second-order valence-electron chi connectivity index (χ2n) is 8.99. The van der Waals surface area contributed by atoms with Gasteiger partial charge in [0.05, 0.1) is 18.6 Å². The number of hydrogen-bond acceptors (Lipinski definition) is 9. The first-order valence-corrected chi connectivity index (χ1v) is 11.6. The van der Waals surface area contributed by atoms with Crippen LogP contribution in [0.2, 0.25) is 0 Å². The first-order chi connectivity index (χ1) is 16.5. The molecule has 0 spiro atoms. The molecule has 0 fully saturated rings. The van der Waals surface area contributed by atoms with Crippen LogP contribution in [0.4, 0.5) is 0 Å². The highest BCUT2D eigenvalue weighted by Gasteiger charge is 2.34. The van der Waals surface area contributed by atoms with Crippen LogP contribution >= 0.6 is 0 Å². The molecule has 1 rings (SSSR count). The van der Waals surface area contributed by atoms with E-state index in [0.29, 0.717) is 19.1 Å². The molecule has 0 bridgehead atoms. The number of hydrogen-bond donors (Lipinski definition) is 5. The third-order valence-electron chi connectivity index (χ3n) is 5.40. The molecule has 0 unspecified atom stereocenters. The summed E-state index contributed by atoms with van der Waals surface area (Å²) in [6, 6.07) is -3.30. The van der Waals surface area contributed by atoms with E-state index in [1.54, 1.807) is 12.2 Å². The number of amides is 2. The third-order valence-corrected chi connectivity index (χ3v) is 5.40. The molecule has 1 aliphatic rings. The minimum atomic E-state index is -1.38. The highest BCUT2D eigenvalue weighted by Crippen LogP contribution is 2.08. The van der Waals surface area contributed by atoms with Crippen molar-refractivity contribution in [2.45, 2.75) is 70.2 Å². The Kier molecular flexibility index (Phi) is 13.0. The van der Waals surface area contributed by atoms with E-state index in [0.717, 1.165) is 0 Å². The molecule has 12 nitrogen and oxygen atoms in total. The van der Waals surface area contributed by atoms with Crippen molar-refractivity contribution in [2.24, 2.45) is 11.7 Å². The van der Waals surface area contributed by atoms with Gasteiger partial charge in [-0.3, -0.25) is 34.6 Å². The number of rotatable bonds is 10. The Hall–Kier alpha value is -2.96. The Morgan fingerprint density at radius 1 is 1.29 bits per heavy atom. The molecule has 196 valence electrons. The van der Waals surface area contributed by atoms with Gasteiger partial charge in [0.25, 0.3) is 0 Å². The number of Topliss-reactive ketones (excluding diaryl/α,β-unsaturated/α-hetero) is 2. The largest absolute Gasteiger partial charge is 0.481 e. The molecular weight excluding hydrogens is 458 g/mol. The number of nitrogens with zero attached hydrogens (tertiary/aromatic N) is 1. The molecule has 1 heterocycles. The van der Waals surface area contributed by atoms with Crippen molar-refractivity contribution in [3.63, 3.8) is 0 Å². The number of carbonyl (C=O) groups is 6. The number of nitrogens with two attached hydrogens (primary N) is 1. The fourth-order valence-electron chi connectivity index (χ4n) is 3.46. The van der Waals surface area contributed by atoms with Crippen molar-refractivity contribution in [3.8, 4) is 0 Å². The predicted octanol–water partition coefficient (Wildman–Crippen LogP) is -1.27. The van der Waals surface area contributed by atoms with Crippen LogP contribution in [0.3, 0.4) is 0 Å². The van der Waals surface area contributed by atoms with Gasteiger partial charge in [-0.05, 0) is 25.2 Å². The summed E-state index contributed by atoms with van der Waals surface area (Å²) < 4.78 is 0. The Labute approximate surface area is 205 Å². The van der Waals surface area contributed by atoms with E-state index in [4.69, 9.17) is 10.8 Å². The third kappa shape index (κ3) is 10.9. The van der Waals surface area contributed by atoms with Gasteiger partial charge in [-0.2, -0.15) is 0 Å². The minimum Gasteiger partial charge on any atom is -0.481 e. The van der Waals surface area contributed by atoms with Crippen molar-refractivity contribution in [1.29, 1.82) is 0 Å². The summed E-state index contributed by atoms with van der Waals surface area (Å²) in [5.41, 5.74) is 6.02. The lowest BCUT2D eigenvalue weighted by atomic mass is 9.96. The number of carboxylic acid groups (broad SMARTS) is 1. The molecule has 6 N–H and O–H groups in total. The van der Waals surface area contributed by atoms with Gasteiger partial charge >= 0.3 is 5.97 Å². The van der Waals surface area contributed by atoms with Gasteiger partial charge in [0.1, 0.15) is 18.5 Å². The van der Waals surface area contributed by atoms with Crippen molar-refractivity contribution < 1.29 is 33.9 Å². The lowest BCUT2D eigenvalue weighted by Gasteiger charge is -2.27. The van der Waals surface area contributed by atoms with Crippen LogP contribution in [0.1, 0.15) is 46.0 Å². The van der Waals surface area contributed by atoms with Gasteiger partial charge in [0.2, 0.25) is 11.8 Å². The zero-order chi connectivity index (χ0) is 26.5. The highest BCUT2D eigenvalue weighted by atomic mass is 16.4. The lowest BCUT2D eigenvalue weighted by molar-refractivity contribution is -0.139. The average Bonchev–Trinajstić information content (AvgIpc) is 2.78. The summed E-state index contributed by atoms with van der Waals surface area (Å²) in [6.45, 7) is 3.50. The van der Waals surface area contributed by atoms with E-state index < -0.39 is 60.2 Å². The van der Waals surface area contributed by atoms with E-state index in [-0.39, 0.29) is 31.7 Å². The lowest BCUT2D eigenvalue weighted by Crippen LogP contribution is -2.60. The van der Waals surface area contributed by atoms with Gasteiger partial charge in [0.15, 0.2) is 11.6 Å². The molecule has 0 saturated carbocycles. The van der Waals surface area contributed by atoms with Crippen LogP contribution in [0.25, 0.3) is 0 Å². The maximum Gasteiger partial charge on any atom is 0.303 e. The second-order valence-corrected chi connectivity index (χ2v) is 8.99. The summed E-state index contributed by atoms with van der Waals surface area (Å²) in [5.74, 6) is -3.21. The number of aldehydes is 1. The molecule has 0 radical (unpaired) electrons. The molecule has 4 atom stereocenters. The number of carbonyl (C=O) groups excluding carboxylic acids is 5. The van der Waals surface area contributed by atoms with E-state index in [9.17, 15) is 28.8 Å². The van der Waals surface area contributed by atoms with Gasteiger partial charge in [-0.1, -0.05) is 26.0 Å². The molecule has 0 aliphatic carbocycles. The van der Waals surface area contributed by atoms with Gasteiger partial charge in [0, 0.05) is 26.4 Å². The number of aliphatic carboxylic acids is 1. The maximum atomic E-state index is 13.0. The molecule has 12 heteroatoms. The molecular formula is C23H37N5O7. The van der Waals surface area contributed by atoms with Crippen LogP contribution in [0, 0.1) is 5.92 Å². The molecule has 0 aromatic rings. The van der Waals surface area contributed by atoms with Crippen molar-refractivity contribution in [3.05, 3.63) is 12.2 Å². The summed E-state index contributed by atoms with van der Waals surface area (Å²) in [5, 5.41) is 16.7. The van der Waals surface area contributed by atoms with Crippen LogP contribution in [-0.4, -0.2) is 90.1 Å². The van der Waals surface area contributed by atoms with Crippen molar-refractivity contribution in [1.82, 2.24) is 20.9 Å². The summed E-state index contributed by atoms with van der Waals surface area (Å²) >= 11 is 0. The Balaban J connectivity index is 3.16. The smallest absolute Gasteiger partial charge is 0.303 e. The van der Waals surface area contributed by atoms with Gasteiger partial charge in [-0.15, -0.1) is 0 Å². The fourth-order valence-corrected chi connectivity index (χ4v) is 3.46. The Morgan fingerprint density at radius 2 is 1.97 bits per heavy atom. The quantitative estimate of drug-likeness (QED) is 0.139. The van der Waals surface area contributed by atoms with Crippen LogP contribution in [0.5, 0.6) is 0 Å². The first kappa shape index (κ1) is 30.1. The molecule has 35 heavy (non-hydrogen) atoms. The van der Waals surface area contributed by atoms with E-state index >= 15 is 0 Å². The maximum absolute atomic E-state index is 13.0. The Morgan fingerprint density at radius 3 is 2.57 bits per heavy atom. The summed E-state index contributed by atoms with van der Waals surface area (Å²) in [7, 11) is 1.52. The topological polar surface area (TPSA) is 188 Å². The van der Waals surface area contributed by atoms with Crippen molar-refractivity contribution in [2.75, 3.05) is 20.1 Å². The summed E-state index contributed by atoms with van der Waals surface area (Å²) in [4.78, 5) is 74.9. The number of ketones is 2. The van der Waals surface area contributed by atoms with Gasteiger partial charge in [-0.25, -0.2) is 0 Å². The Bertz CT molecular complexity index is 814. The summed E-state index contributed by atoms with van der Waals surface area (Å²) in [6.07, 6.45) is 2.86. The van der Waals surface area contributed by atoms with E-state index in [1.165, 1.54) is 11.9 Å². The number of nitrogens with one attached hydrogen (secondary N) is 3. The zero-order valence-corrected chi connectivity index (χ0v) is 20.5. The molecule has 0 aromatic carbocycles. The van der Waals surface area contributed by atoms with E-state index in [1.807, 2.05) is 13.8 Å².